The van der Waals surface area contributed by atoms with Gasteiger partial charge in [-0.15, -0.1) is 0 Å². The average molecular weight is 191 g/mol. The molecule has 14 heavy (non-hydrogen) atoms. The first kappa shape index (κ1) is 8.87. The Morgan fingerprint density at radius 2 is 2.29 bits per heavy atom. The summed E-state index contributed by atoms with van der Waals surface area (Å²) in [6.45, 7) is 2.11. The summed E-state index contributed by atoms with van der Waals surface area (Å²) in [5.74, 6) is 0.775. The van der Waals surface area contributed by atoms with E-state index in [0.29, 0.717) is 17.1 Å². The maximum absolute atomic E-state index is 11.1. The van der Waals surface area contributed by atoms with Crippen LogP contribution in [0.2, 0.25) is 0 Å². The summed E-state index contributed by atoms with van der Waals surface area (Å²) in [5, 5.41) is 3.85. The lowest BCUT2D eigenvalue weighted by atomic mass is 10.0. The van der Waals surface area contributed by atoms with Crippen molar-refractivity contribution >= 4 is 5.71 Å². The van der Waals surface area contributed by atoms with Crippen molar-refractivity contribution in [2.75, 3.05) is 7.11 Å². The average Bonchev–Trinajstić information content (AvgIpc) is 2.16. The molecule has 0 fully saturated rings. The Morgan fingerprint density at radius 1 is 1.50 bits per heavy atom. The third-order valence-corrected chi connectivity index (χ3v) is 2.26. The van der Waals surface area contributed by atoms with Crippen LogP contribution < -0.4 is 4.74 Å². The lowest BCUT2D eigenvalue weighted by Gasteiger charge is -2.11. The van der Waals surface area contributed by atoms with E-state index in [-0.39, 0.29) is 0 Å². The van der Waals surface area contributed by atoms with Crippen molar-refractivity contribution in [2.45, 2.75) is 13.5 Å². The predicted molar refractivity (Wildman–Crippen MR) is 52.5 cm³/mol. The monoisotopic (exact) mass is 191 g/mol. The van der Waals surface area contributed by atoms with Gasteiger partial charge in [0.15, 0.2) is 4.87 Å². The van der Waals surface area contributed by atoms with Crippen molar-refractivity contribution in [1.29, 1.82) is 0 Å². The van der Waals surface area contributed by atoms with E-state index in [1.54, 1.807) is 7.11 Å². The predicted octanol–water partition coefficient (Wildman–Crippen LogP) is 1.71. The smallest absolute Gasteiger partial charge is 0.254 e. The molecule has 4 heteroatoms. The van der Waals surface area contributed by atoms with Crippen molar-refractivity contribution < 1.29 is 9.61 Å². The number of hydrogen-bond donors (Lipinski definition) is 0. The van der Waals surface area contributed by atoms with Crippen LogP contribution in [0.25, 0.3) is 0 Å². The number of benzene rings is 1. The van der Waals surface area contributed by atoms with Crippen molar-refractivity contribution in [3.05, 3.63) is 34.2 Å². The van der Waals surface area contributed by atoms with Crippen LogP contribution >= 0.6 is 0 Å². The second-order valence-electron chi connectivity index (χ2n) is 3.19. The van der Waals surface area contributed by atoms with E-state index in [0.717, 1.165) is 16.9 Å². The van der Waals surface area contributed by atoms with Gasteiger partial charge in [-0.25, -0.2) is 0 Å². The molecule has 4 nitrogen and oxygen atoms in total. The van der Waals surface area contributed by atoms with Gasteiger partial charge >= 0.3 is 0 Å². The Kier molecular flexibility index (Phi) is 2.04. The normalized spacial score (nSPS) is 14.7. The van der Waals surface area contributed by atoms with E-state index in [2.05, 4.69) is 5.10 Å². The first-order valence-electron chi connectivity index (χ1n) is 4.38. The van der Waals surface area contributed by atoms with E-state index in [1.807, 2.05) is 25.1 Å². The number of fused-ring (bicyclic) bond motifs is 1. The summed E-state index contributed by atoms with van der Waals surface area (Å²) < 4.78 is 5.22. The van der Waals surface area contributed by atoms with Gasteiger partial charge < -0.3 is 4.74 Å². The summed E-state index contributed by atoms with van der Waals surface area (Å²) in [7, 11) is 1.62. The zero-order chi connectivity index (χ0) is 10.1. The van der Waals surface area contributed by atoms with Gasteiger partial charge in [0.25, 0.3) is 6.54 Å². The summed E-state index contributed by atoms with van der Waals surface area (Å²) in [5.41, 5.74) is 2.62. The van der Waals surface area contributed by atoms with Crippen LogP contribution in [0.15, 0.2) is 23.3 Å². The lowest BCUT2D eigenvalue weighted by molar-refractivity contribution is -0.571. The molecule has 0 saturated heterocycles. The molecule has 72 valence electrons. The molecule has 0 atom stereocenters. The minimum Gasteiger partial charge on any atom is -0.496 e. The highest BCUT2D eigenvalue weighted by molar-refractivity contribution is 6.02. The van der Waals surface area contributed by atoms with E-state index < -0.39 is 0 Å². The third kappa shape index (κ3) is 1.28. The fraction of sp³-hybridized carbons (Fsp3) is 0.300. The number of nitrogens with zero attached hydrogens (tertiary/aromatic N) is 2. The maximum atomic E-state index is 11.1. The number of nitroso groups, excluding NO2 is 1. The number of ether oxygens (including phenoxy) is 1. The van der Waals surface area contributed by atoms with Crippen LogP contribution in [0.3, 0.4) is 0 Å². The Morgan fingerprint density at radius 3 is 3.00 bits per heavy atom. The quantitative estimate of drug-likeness (QED) is 0.634. The minimum atomic E-state index is 0.296. The molecule has 0 aliphatic carbocycles. The number of rotatable bonds is 1. The van der Waals surface area contributed by atoms with Crippen LogP contribution in [-0.4, -0.2) is 17.7 Å². The number of hydrogen-bond acceptors (Lipinski definition) is 2. The molecule has 2 rings (SSSR count). The molecule has 1 aromatic rings. The van der Waals surface area contributed by atoms with Gasteiger partial charge in [0.2, 0.25) is 0 Å². The highest BCUT2D eigenvalue weighted by Gasteiger charge is 2.25. The molecule has 1 aromatic carbocycles. The molecule has 0 bridgehead atoms. The van der Waals surface area contributed by atoms with Crippen molar-refractivity contribution in [1.82, 2.24) is 0 Å². The van der Waals surface area contributed by atoms with Crippen molar-refractivity contribution in [2.24, 2.45) is 5.10 Å². The Bertz CT molecular complexity index is 424. The highest BCUT2D eigenvalue weighted by Crippen LogP contribution is 2.26. The van der Waals surface area contributed by atoms with E-state index in [1.165, 1.54) is 0 Å². The lowest BCUT2D eigenvalue weighted by Crippen LogP contribution is -2.16. The molecule has 1 aliphatic heterocycles. The minimum absolute atomic E-state index is 0.296. The van der Waals surface area contributed by atoms with Gasteiger partial charge in [0, 0.05) is 10.7 Å². The summed E-state index contributed by atoms with van der Waals surface area (Å²) in [4.78, 5) is 11.8. The number of hydrazone groups is 1. The second kappa shape index (κ2) is 3.21. The summed E-state index contributed by atoms with van der Waals surface area (Å²) >= 11 is 0. The highest BCUT2D eigenvalue weighted by atomic mass is 16.5. The first-order chi connectivity index (χ1) is 6.72. The van der Waals surface area contributed by atoms with E-state index in [9.17, 15) is 4.91 Å². The molecule has 0 unspecified atom stereocenters. The molecule has 1 aliphatic rings. The van der Waals surface area contributed by atoms with Crippen LogP contribution in [-0.2, 0) is 6.54 Å². The Balaban J connectivity index is 2.63. The van der Waals surface area contributed by atoms with Gasteiger partial charge in [0.05, 0.1) is 17.6 Å². The molecular formula is C10H11N2O2+. The third-order valence-electron chi connectivity index (χ3n) is 2.26. The zero-order valence-corrected chi connectivity index (χ0v) is 8.15. The van der Waals surface area contributed by atoms with Gasteiger partial charge in [0.1, 0.15) is 11.5 Å². The molecule has 1 heterocycles. The van der Waals surface area contributed by atoms with E-state index in [4.69, 9.17) is 4.74 Å². The standard InChI is InChI=1S/C10H11N2O2/c1-7-10-8(6-12(13)11-7)4-3-5-9(10)14-2/h3-5H,6H2,1-2H3/q+1. The topological polar surface area (TPSA) is 41.7 Å². The first-order valence-corrected chi connectivity index (χ1v) is 4.38. The van der Waals surface area contributed by atoms with Crippen molar-refractivity contribution in [3.63, 3.8) is 0 Å². The van der Waals surface area contributed by atoms with Crippen molar-refractivity contribution in [3.8, 4) is 5.75 Å². The summed E-state index contributed by atoms with van der Waals surface area (Å²) in [6, 6.07) is 5.67. The van der Waals surface area contributed by atoms with E-state index >= 15 is 0 Å². The van der Waals surface area contributed by atoms with Gasteiger partial charge in [-0.05, 0) is 13.0 Å². The Labute approximate surface area is 81.8 Å². The fourth-order valence-electron chi connectivity index (χ4n) is 1.69. The van der Waals surface area contributed by atoms with Gasteiger partial charge in [-0.2, -0.15) is 0 Å². The molecule has 0 saturated carbocycles. The molecule has 0 amide bonds. The van der Waals surface area contributed by atoms with Gasteiger partial charge in [-0.3, -0.25) is 0 Å². The fourth-order valence-corrected chi connectivity index (χ4v) is 1.69. The molecule has 0 radical (unpaired) electrons. The maximum Gasteiger partial charge on any atom is 0.254 e. The largest absolute Gasteiger partial charge is 0.496 e. The molecule has 0 aromatic heterocycles. The summed E-state index contributed by atoms with van der Waals surface area (Å²) in [6.07, 6.45) is 0. The van der Waals surface area contributed by atoms with Crippen LogP contribution in [0.5, 0.6) is 5.75 Å². The SMILES string of the molecule is COc1cccc2c1C(C)=N[N+](=O)C2. The second-order valence-corrected chi connectivity index (χ2v) is 3.19. The number of methoxy groups -OCH3 is 1. The molecule has 0 spiro atoms. The Hall–Kier alpha value is -1.71. The van der Waals surface area contributed by atoms with Crippen LogP contribution in [0.1, 0.15) is 18.1 Å². The molecular weight excluding hydrogens is 180 g/mol. The van der Waals surface area contributed by atoms with Crippen LogP contribution in [0.4, 0.5) is 0 Å². The zero-order valence-electron chi connectivity index (χ0n) is 8.15. The van der Waals surface area contributed by atoms with Gasteiger partial charge in [-0.1, -0.05) is 12.1 Å². The molecule has 0 N–H and O–H groups in total. The van der Waals surface area contributed by atoms with Crippen LogP contribution in [0, 0.1) is 4.91 Å².